The van der Waals surface area contributed by atoms with Crippen molar-refractivity contribution in [1.82, 2.24) is 25.2 Å². The fourth-order valence-corrected chi connectivity index (χ4v) is 5.99. The van der Waals surface area contributed by atoms with Crippen LogP contribution in [0.15, 0.2) is 60.0 Å². The molecule has 4 aromatic rings. The Hall–Kier alpha value is -3.56. The summed E-state index contributed by atoms with van der Waals surface area (Å²) in [4.78, 5) is 30.4. The van der Waals surface area contributed by atoms with Gasteiger partial charge in [-0.3, -0.25) is 9.59 Å². The van der Waals surface area contributed by atoms with Gasteiger partial charge < -0.3 is 15.0 Å². The molecule has 1 fully saturated rings. The van der Waals surface area contributed by atoms with Crippen LogP contribution < -0.4 is 5.32 Å². The number of fused-ring (bicyclic) bond motifs is 1. The van der Waals surface area contributed by atoms with E-state index in [1.54, 1.807) is 9.58 Å². The first-order chi connectivity index (χ1) is 18.5. The maximum atomic E-state index is 14.0. The average molecular weight is 532 g/mol. The summed E-state index contributed by atoms with van der Waals surface area (Å²) in [5.41, 5.74) is 4.79. The maximum absolute atomic E-state index is 14.0. The standard InChI is InChI=1S/C29H33N5O3S/c1-20-7-5-8-22(17-20)12-14-33(26(35)19-34-25-11-4-3-10-24(25)31-32-34)27(28-21(2)13-16-38-28)29(36)30-18-23-9-6-15-37-23/h3-5,7-8,10-11,13,16-17,23,27H,6,9,12,14-15,18-19H2,1-2H3,(H,30,36). The van der Waals surface area contributed by atoms with Crippen LogP contribution in [0.1, 0.15) is 40.5 Å². The molecule has 8 nitrogen and oxygen atoms in total. The van der Waals surface area contributed by atoms with Gasteiger partial charge in [0.25, 0.3) is 0 Å². The quantitative estimate of drug-likeness (QED) is 0.331. The highest BCUT2D eigenvalue weighted by molar-refractivity contribution is 7.10. The molecule has 38 heavy (non-hydrogen) atoms. The Labute approximate surface area is 226 Å². The lowest BCUT2D eigenvalue weighted by Gasteiger charge is -2.31. The zero-order chi connectivity index (χ0) is 26.5. The second kappa shape index (κ2) is 11.9. The van der Waals surface area contributed by atoms with Crippen LogP contribution in [-0.4, -0.2) is 57.5 Å². The van der Waals surface area contributed by atoms with Crippen LogP contribution in [0.25, 0.3) is 11.0 Å². The summed E-state index contributed by atoms with van der Waals surface area (Å²) in [7, 11) is 0. The van der Waals surface area contributed by atoms with E-state index in [0.717, 1.165) is 52.0 Å². The van der Waals surface area contributed by atoms with Crippen molar-refractivity contribution in [2.45, 2.75) is 51.8 Å². The van der Waals surface area contributed by atoms with E-state index in [0.29, 0.717) is 19.5 Å². The Kier molecular flexibility index (Phi) is 8.14. The van der Waals surface area contributed by atoms with Gasteiger partial charge in [-0.15, -0.1) is 16.4 Å². The number of ether oxygens (including phenoxy) is 1. The molecule has 0 spiro atoms. The molecular weight excluding hydrogens is 498 g/mol. The number of amides is 2. The third kappa shape index (κ3) is 5.95. The highest BCUT2D eigenvalue weighted by atomic mass is 32.1. The van der Waals surface area contributed by atoms with Gasteiger partial charge in [0.05, 0.1) is 11.6 Å². The van der Waals surface area contributed by atoms with E-state index in [9.17, 15) is 9.59 Å². The Bertz CT molecular complexity index is 1410. The van der Waals surface area contributed by atoms with Gasteiger partial charge in [0.2, 0.25) is 11.8 Å². The zero-order valence-electron chi connectivity index (χ0n) is 21.8. The monoisotopic (exact) mass is 531 g/mol. The largest absolute Gasteiger partial charge is 0.376 e. The predicted octanol–water partition coefficient (Wildman–Crippen LogP) is 4.22. The van der Waals surface area contributed by atoms with E-state index in [4.69, 9.17) is 4.74 Å². The Balaban J connectivity index is 1.45. The number of nitrogens with zero attached hydrogens (tertiary/aromatic N) is 4. The molecule has 9 heteroatoms. The minimum atomic E-state index is -0.747. The van der Waals surface area contributed by atoms with E-state index in [1.807, 2.05) is 48.7 Å². The molecule has 0 bridgehead atoms. The lowest BCUT2D eigenvalue weighted by Crippen LogP contribution is -2.47. The van der Waals surface area contributed by atoms with Crippen molar-refractivity contribution in [3.63, 3.8) is 0 Å². The van der Waals surface area contributed by atoms with Crippen molar-refractivity contribution in [1.29, 1.82) is 0 Å². The second-order valence-electron chi connectivity index (χ2n) is 9.81. The lowest BCUT2D eigenvalue weighted by molar-refractivity contribution is -0.141. The first kappa shape index (κ1) is 26.1. The van der Waals surface area contributed by atoms with Crippen molar-refractivity contribution in [3.05, 3.63) is 81.5 Å². The third-order valence-electron chi connectivity index (χ3n) is 6.99. The summed E-state index contributed by atoms with van der Waals surface area (Å²) < 4.78 is 7.33. The maximum Gasteiger partial charge on any atom is 0.248 e. The average Bonchev–Trinajstić information content (AvgIpc) is 3.67. The number of nitrogens with one attached hydrogen (secondary N) is 1. The summed E-state index contributed by atoms with van der Waals surface area (Å²) >= 11 is 1.50. The Morgan fingerprint density at radius 3 is 2.82 bits per heavy atom. The van der Waals surface area contributed by atoms with Crippen molar-refractivity contribution >= 4 is 34.2 Å². The van der Waals surface area contributed by atoms with E-state index >= 15 is 0 Å². The molecule has 5 rings (SSSR count). The predicted molar refractivity (Wildman–Crippen MR) is 148 cm³/mol. The van der Waals surface area contributed by atoms with Crippen LogP contribution >= 0.6 is 11.3 Å². The van der Waals surface area contributed by atoms with Crippen LogP contribution in [0, 0.1) is 13.8 Å². The van der Waals surface area contributed by atoms with Gasteiger partial charge in [-0.2, -0.15) is 0 Å². The molecule has 0 radical (unpaired) electrons. The topological polar surface area (TPSA) is 89.4 Å². The Morgan fingerprint density at radius 2 is 2.05 bits per heavy atom. The number of aryl methyl sites for hydroxylation is 2. The molecule has 2 atom stereocenters. The van der Waals surface area contributed by atoms with E-state index in [2.05, 4.69) is 40.8 Å². The van der Waals surface area contributed by atoms with Crippen LogP contribution in [-0.2, 0) is 27.3 Å². The SMILES string of the molecule is Cc1cccc(CCN(C(=O)Cn2nnc3ccccc32)C(C(=O)NCC2CCCO2)c2sccc2C)c1. The van der Waals surface area contributed by atoms with Crippen LogP contribution in [0.5, 0.6) is 0 Å². The van der Waals surface area contributed by atoms with Gasteiger partial charge in [0.15, 0.2) is 0 Å². The smallest absolute Gasteiger partial charge is 0.248 e. The van der Waals surface area contributed by atoms with E-state index < -0.39 is 6.04 Å². The van der Waals surface area contributed by atoms with Gasteiger partial charge in [-0.05, 0) is 67.8 Å². The fraction of sp³-hybridized carbons (Fsp3) is 0.379. The highest BCUT2D eigenvalue weighted by Gasteiger charge is 2.34. The first-order valence-corrected chi connectivity index (χ1v) is 13.9. The molecular formula is C29H33N5O3S. The molecule has 2 aromatic heterocycles. The number of carbonyl (C=O) groups is 2. The summed E-state index contributed by atoms with van der Waals surface area (Å²) in [5, 5.41) is 13.5. The number of para-hydroxylation sites is 1. The number of hydrogen-bond acceptors (Lipinski definition) is 6. The number of carbonyl (C=O) groups excluding carboxylic acids is 2. The van der Waals surface area contributed by atoms with E-state index in [1.165, 1.54) is 11.3 Å². The molecule has 1 N–H and O–H groups in total. The van der Waals surface area contributed by atoms with Gasteiger partial charge in [-0.1, -0.05) is 47.2 Å². The number of rotatable bonds is 10. The number of hydrogen-bond donors (Lipinski definition) is 1. The van der Waals surface area contributed by atoms with Crippen molar-refractivity contribution in [2.24, 2.45) is 0 Å². The van der Waals surface area contributed by atoms with Gasteiger partial charge in [0.1, 0.15) is 18.1 Å². The van der Waals surface area contributed by atoms with Gasteiger partial charge >= 0.3 is 0 Å². The molecule has 198 valence electrons. The normalized spacial score (nSPS) is 16.0. The molecule has 3 heterocycles. The van der Waals surface area contributed by atoms with Crippen LogP contribution in [0.3, 0.4) is 0 Å². The molecule has 1 aliphatic heterocycles. The second-order valence-corrected chi connectivity index (χ2v) is 10.8. The van der Waals surface area contributed by atoms with Gasteiger partial charge in [0, 0.05) is 24.6 Å². The summed E-state index contributed by atoms with van der Waals surface area (Å²) in [6.07, 6.45) is 2.58. The molecule has 1 aliphatic rings. The molecule has 2 amide bonds. The summed E-state index contributed by atoms with van der Waals surface area (Å²) in [6.45, 7) is 5.59. The van der Waals surface area contributed by atoms with Crippen LogP contribution in [0.2, 0.25) is 0 Å². The minimum Gasteiger partial charge on any atom is -0.376 e. The Morgan fingerprint density at radius 1 is 1.18 bits per heavy atom. The van der Waals surface area contributed by atoms with Gasteiger partial charge in [-0.25, -0.2) is 4.68 Å². The molecule has 0 saturated carbocycles. The molecule has 0 aliphatic carbocycles. The van der Waals surface area contributed by atoms with Crippen LogP contribution in [0.4, 0.5) is 0 Å². The summed E-state index contributed by atoms with van der Waals surface area (Å²) in [5.74, 6) is -0.370. The first-order valence-electron chi connectivity index (χ1n) is 13.1. The molecule has 1 saturated heterocycles. The minimum absolute atomic E-state index is 0.00568. The van der Waals surface area contributed by atoms with E-state index in [-0.39, 0.29) is 24.5 Å². The number of thiophene rings is 1. The zero-order valence-corrected chi connectivity index (χ0v) is 22.6. The highest BCUT2D eigenvalue weighted by Crippen LogP contribution is 2.30. The lowest BCUT2D eigenvalue weighted by atomic mass is 10.1. The molecule has 2 unspecified atom stereocenters. The number of benzene rings is 2. The summed E-state index contributed by atoms with van der Waals surface area (Å²) in [6, 6.07) is 17.1. The van der Waals surface area contributed by atoms with Crippen molar-refractivity contribution in [3.8, 4) is 0 Å². The fourth-order valence-electron chi connectivity index (χ4n) is 4.95. The number of aromatic nitrogens is 3. The van der Waals surface area contributed by atoms with Crippen molar-refractivity contribution < 1.29 is 14.3 Å². The molecule has 2 aromatic carbocycles. The third-order valence-corrected chi connectivity index (χ3v) is 8.06. The van der Waals surface area contributed by atoms with Crippen molar-refractivity contribution in [2.75, 3.05) is 19.7 Å².